The summed E-state index contributed by atoms with van der Waals surface area (Å²) < 4.78 is 1.46. The molecule has 0 saturated carbocycles. The Labute approximate surface area is 117 Å². The van der Waals surface area contributed by atoms with Crippen molar-refractivity contribution in [3.05, 3.63) is 22.4 Å². The fraction of sp³-hybridized carbons (Fsp3) is 0.615. The Morgan fingerprint density at radius 3 is 2.80 bits per heavy atom. The van der Waals surface area contributed by atoms with Crippen LogP contribution in [0.5, 0.6) is 0 Å². The molecule has 0 saturated heterocycles. The van der Waals surface area contributed by atoms with E-state index in [1.54, 1.807) is 6.92 Å². The Hall–Kier alpha value is -1.89. The summed E-state index contributed by atoms with van der Waals surface area (Å²) in [5.41, 5.74) is 6.13. The number of fused-ring (bicyclic) bond motifs is 1. The van der Waals surface area contributed by atoms with Gasteiger partial charge in [-0.2, -0.15) is 5.10 Å². The number of aromatic nitrogens is 4. The third-order valence-electron chi connectivity index (χ3n) is 3.43. The zero-order chi connectivity index (χ0) is 14.9. The summed E-state index contributed by atoms with van der Waals surface area (Å²) in [6.45, 7) is 10.4. The number of nitrogens with zero attached hydrogens (tertiary/aromatic N) is 4. The first-order valence-electron chi connectivity index (χ1n) is 6.78. The molecule has 0 aromatic carbocycles. The van der Waals surface area contributed by atoms with Gasteiger partial charge in [-0.3, -0.25) is 0 Å². The molecule has 0 spiro atoms. The zero-order valence-corrected chi connectivity index (χ0v) is 12.5. The summed E-state index contributed by atoms with van der Waals surface area (Å²) in [7, 11) is 0. The number of rotatable bonds is 5. The molecule has 2 rings (SSSR count). The second kappa shape index (κ2) is 5.24. The maximum Gasteiger partial charge on any atom is 0.349 e. The number of H-pyrrole nitrogens is 1. The van der Waals surface area contributed by atoms with Crippen LogP contribution < -0.4 is 16.3 Å². The molecule has 3 N–H and O–H groups in total. The van der Waals surface area contributed by atoms with Gasteiger partial charge in [-0.25, -0.2) is 19.3 Å². The predicted octanol–water partition coefficient (Wildman–Crippen LogP) is 0.537. The summed E-state index contributed by atoms with van der Waals surface area (Å²) in [5, 5.41) is 6.45. The van der Waals surface area contributed by atoms with Crippen molar-refractivity contribution in [2.75, 3.05) is 24.5 Å². The van der Waals surface area contributed by atoms with Crippen LogP contribution in [-0.4, -0.2) is 39.2 Å². The van der Waals surface area contributed by atoms with E-state index in [1.807, 2.05) is 6.07 Å². The SMILES string of the molecule is CCN(CC(C)(C)CN)c1cc2n[nH]c(=O)n2c(C)n1. The Morgan fingerprint density at radius 2 is 2.20 bits per heavy atom. The van der Waals surface area contributed by atoms with Crippen LogP contribution in [-0.2, 0) is 0 Å². The molecule has 0 aliphatic carbocycles. The lowest BCUT2D eigenvalue weighted by atomic mass is 9.93. The molecule has 7 heteroatoms. The average molecular weight is 278 g/mol. The van der Waals surface area contributed by atoms with Gasteiger partial charge in [0.05, 0.1) is 0 Å². The lowest BCUT2D eigenvalue weighted by Gasteiger charge is -2.32. The third kappa shape index (κ3) is 2.67. The summed E-state index contributed by atoms with van der Waals surface area (Å²) in [4.78, 5) is 18.3. The normalized spacial score (nSPS) is 12.1. The van der Waals surface area contributed by atoms with E-state index in [9.17, 15) is 4.79 Å². The Morgan fingerprint density at radius 1 is 1.50 bits per heavy atom. The van der Waals surface area contributed by atoms with Gasteiger partial charge in [-0.1, -0.05) is 13.8 Å². The maximum atomic E-state index is 11.6. The van der Waals surface area contributed by atoms with Crippen molar-refractivity contribution in [2.45, 2.75) is 27.7 Å². The second-order valence-electron chi connectivity index (χ2n) is 5.77. The Kier molecular flexibility index (Phi) is 3.80. The number of anilines is 1. The lowest BCUT2D eigenvalue weighted by molar-refractivity contribution is 0.378. The van der Waals surface area contributed by atoms with Gasteiger partial charge in [0.15, 0.2) is 5.65 Å². The van der Waals surface area contributed by atoms with Gasteiger partial charge >= 0.3 is 5.69 Å². The van der Waals surface area contributed by atoms with Crippen LogP contribution in [0.2, 0.25) is 0 Å². The molecule has 2 aromatic heterocycles. The number of aryl methyl sites for hydroxylation is 1. The van der Waals surface area contributed by atoms with Crippen molar-refractivity contribution in [1.29, 1.82) is 0 Å². The summed E-state index contributed by atoms with van der Waals surface area (Å²) in [6.07, 6.45) is 0. The molecule has 2 aromatic rings. The van der Waals surface area contributed by atoms with E-state index in [4.69, 9.17) is 5.73 Å². The number of hydrogen-bond donors (Lipinski definition) is 2. The van der Waals surface area contributed by atoms with E-state index >= 15 is 0 Å². The zero-order valence-electron chi connectivity index (χ0n) is 12.5. The van der Waals surface area contributed by atoms with Gasteiger partial charge in [0, 0.05) is 19.2 Å². The van der Waals surface area contributed by atoms with Crippen LogP contribution in [0.15, 0.2) is 10.9 Å². The fourth-order valence-corrected chi connectivity index (χ4v) is 2.18. The number of nitrogens with two attached hydrogens (primary N) is 1. The molecule has 7 nitrogen and oxygen atoms in total. The van der Waals surface area contributed by atoms with Crippen LogP contribution >= 0.6 is 0 Å². The van der Waals surface area contributed by atoms with Crippen molar-refractivity contribution in [3.8, 4) is 0 Å². The van der Waals surface area contributed by atoms with Crippen LogP contribution in [0.25, 0.3) is 5.65 Å². The van der Waals surface area contributed by atoms with E-state index in [2.05, 4.69) is 40.9 Å². The summed E-state index contributed by atoms with van der Waals surface area (Å²) in [5.74, 6) is 1.44. The van der Waals surface area contributed by atoms with Gasteiger partial charge in [0.2, 0.25) is 0 Å². The van der Waals surface area contributed by atoms with Crippen molar-refractivity contribution in [3.63, 3.8) is 0 Å². The monoisotopic (exact) mass is 278 g/mol. The first-order chi connectivity index (χ1) is 9.38. The van der Waals surface area contributed by atoms with Crippen LogP contribution in [0.3, 0.4) is 0 Å². The topological polar surface area (TPSA) is 92.3 Å². The smallest absolute Gasteiger partial charge is 0.349 e. The first-order valence-corrected chi connectivity index (χ1v) is 6.78. The standard InChI is InChI=1S/C13H22N6O/c1-5-18(8-13(3,4)7-14)10-6-11-16-17-12(20)19(11)9(2)15-10/h6H,5,7-8,14H2,1-4H3,(H,17,20). The van der Waals surface area contributed by atoms with Crippen LogP contribution in [0.1, 0.15) is 26.6 Å². The second-order valence-corrected chi connectivity index (χ2v) is 5.77. The molecule has 0 fully saturated rings. The van der Waals surface area contributed by atoms with Crippen molar-refractivity contribution in [1.82, 2.24) is 19.6 Å². The van der Waals surface area contributed by atoms with E-state index in [0.29, 0.717) is 18.0 Å². The molecule has 110 valence electrons. The highest BCUT2D eigenvalue weighted by molar-refractivity contribution is 5.51. The first kappa shape index (κ1) is 14.5. The van der Waals surface area contributed by atoms with Crippen molar-refractivity contribution < 1.29 is 0 Å². The van der Waals surface area contributed by atoms with E-state index < -0.39 is 0 Å². The molecule has 0 radical (unpaired) electrons. The molecule has 0 bridgehead atoms. The molecule has 0 atom stereocenters. The quantitative estimate of drug-likeness (QED) is 0.832. The summed E-state index contributed by atoms with van der Waals surface area (Å²) in [6, 6.07) is 1.82. The molecule has 0 aliphatic rings. The number of nitrogens with one attached hydrogen (secondary N) is 1. The molecule has 0 amide bonds. The maximum absolute atomic E-state index is 11.6. The minimum atomic E-state index is -0.262. The summed E-state index contributed by atoms with van der Waals surface area (Å²) >= 11 is 0. The molecule has 20 heavy (non-hydrogen) atoms. The van der Waals surface area contributed by atoms with Gasteiger partial charge < -0.3 is 10.6 Å². The van der Waals surface area contributed by atoms with Gasteiger partial charge in [0.1, 0.15) is 11.6 Å². The highest BCUT2D eigenvalue weighted by Gasteiger charge is 2.21. The number of hydrogen-bond acceptors (Lipinski definition) is 5. The molecule has 0 unspecified atom stereocenters. The predicted molar refractivity (Wildman–Crippen MR) is 79.1 cm³/mol. The fourth-order valence-electron chi connectivity index (χ4n) is 2.18. The minimum Gasteiger partial charge on any atom is -0.356 e. The lowest BCUT2D eigenvalue weighted by Crippen LogP contribution is -2.39. The van der Waals surface area contributed by atoms with Gasteiger partial charge in [-0.05, 0) is 25.8 Å². The molecular formula is C13H22N6O. The molecular weight excluding hydrogens is 256 g/mol. The van der Waals surface area contributed by atoms with E-state index in [0.717, 1.165) is 18.9 Å². The van der Waals surface area contributed by atoms with Crippen molar-refractivity contribution in [2.24, 2.45) is 11.1 Å². The van der Waals surface area contributed by atoms with Crippen LogP contribution in [0.4, 0.5) is 5.82 Å². The van der Waals surface area contributed by atoms with Crippen LogP contribution in [0, 0.1) is 12.3 Å². The van der Waals surface area contributed by atoms with Gasteiger partial charge in [0.25, 0.3) is 0 Å². The molecule has 2 heterocycles. The average Bonchev–Trinajstić information content (AvgIpc) is 2.78. The van der Waals surface area contributed by atoms with E-state index in [-0.39, 0.29) is 11.1 Å². The van der Waals surface area contributed by atoms with Crippen molar-refractivity contribution >= 4 is 11.5 Å². The highest BCUT2D eigenvalue weighted by atomic mass is 16.1. The Balaban J connectivity index is 2.42. The largest absolute Gasteiger partial charge is 0.356 e. The highest BCUT2D eigenvalue weighted by Crippen LogP contribution is 2.20. The molecule has 0 aliphatic heterocycles. The minimum absolute atomic E-state index is 0.00294. The van der Waals surface area contributed by atoms with Gasteiger partial charge in [-0.15, -0.1) is 0 Å². The number of aromatic amines is 1. The van der Waals surface area contributed by atoms with E-state index in [1.165, 1.54) is 4.40 Å². The third-order valence-corrected chi connectivity index (χ3v) is 3.43. The Bertz CT molecular complexity index is 656.